The lowest BCUT2D eigenvalue weighted by atomic mass is 10.0. The predicted molar refractivity (Wildman–Crippen MR) is 95.5 cm³/mol. The van der Waals surface area contributed by atoms with Crippen molar-refractivity contribution in [3.05, 3.63) is 53.5 Å². The Morgan fingerprint density at radius 1 is 1.19 bits per heavy atom. The van der Waals surface area contributed by atoms with Crippen molar-refractivity contribution in [2.75, 3.05) is 25.0 Å². The van der Waals surface area contributed by atoms with Gasteiger partial charge in [0, 0.05) is 43.5 Å². The fourth-order valence-electron chi connectivity index (χ4n) is 3.29. The zero-order valence-electron chi connectivity index (χ0n) is 15.2. The van der Waals surface area contributed by atoms with Gasteiger partial charge in [0.15, 0.2) is 0 Å². The Kier molecular flexibility index (Phi) is 5.34. The van der Waals surface area contributed by atoms with E-state index in [1.165, 1.54) is 18.5 Å². The Bertz CT molecular complexity index is 817. The molecule has 3 rings (SSSR count). The van der Waals surface area contributed by atoms with Gasteiger partial charge in [-0.3, -0.25) is 4.79 Å². The molecular formula is C19H21F3N4O. The zero-order valence-corrected chi connectivity index (χ0v) is 15.2. The lowest BCUT2D eigenvalue weighted by Gasteiger charge is -2.37. The second-order valence-corrected chi connectivity index (χ2v) is 6.73. The lowest BCUT2D eigenvalue weighted by Crippen LogP contribution is -2.46. The molecule has 1 saturated heterocycles. The third-order valence-electron chi connectivity index (χ3n) is 4.89. The Balaban J connectivity index is 1.64. The summed E-state index contributed by atoms with van der Waals surface area (Å²) >= 11 is 0. The number of rotatable bonds is 3. The molecule has 0 spiro atoms. The number of anilines is 1. The van der Waals surface area contributed by atoms with Crippen LogP contribution in [0, 0.1) is 6.92 Å². The first-order valence-corrected chi connectivity index (χ1v) is 8.73. The molecule has 1 aliphatic heterocycles. The molecule has 1 amide bonds. The topological polar surface area (TPSA) is 49.3 Å². The van der Waals surface area contributed by atoms with Gasteiger partial charge in [-0.1, -0.05) is 6.07 Å². The molecule has 0 bridgehead atoms. The molecule has 2 aromatic rings. The first-order valence-electron chi connectivity index (χ1n) is 8.73. The summed E-state index contributed by atoms with van der Waals surface area (Å²) < 4.78 is 38.6. The fraction of sp³-hybridized carbons (Fsp3) is 0.421. The minimum atomic E-state index is -4.46. The van der Waals surface area contributed by atoms with Gasteiger partial charge in [-0.15, -0.1) is 0 Å². The highest BCUT2D eigenvalue weighted by Gasteiger charge is 2.32. The summed E-state index contributed by atoms with van der Waals surface area (Å²) in [6.07, 6.45) is -1.48. The molecule has 0 radical (unpaired) electrons. The second kappa shape index (κ2) is 7.54. The Morgan fingerprint density at radius 2 is 1.89 bits per heavy atom. The van der Waals surface area contributed by atoms with Crippen molar-refractivity contribution in [2.45, 2.75) is 32.0 Å². The summed E-state index contributed by atoms with van der Waals surface area (Å²) in [6.45, 7) is 2.89. The quantitative estimate of drug-likeness (QED) is 0.820. The zero-order chi connectivity index (χ0) is 19.6. The highest BCUT2D eigenvalue weighted by atomic mass is 19.4. The predicted octanol–water partition coefficient (Wildman–Crippen LogP) is 3.54. The molecule has 0 unspecified atom stereocenters. The van der Waals surface area contributed by atoms with Crippen LogP contribution in [0.3, 0.4) is 0 Å². The van der Waals surface area contributed by atoms with Crippen LogP contribution in [-0.2, 0) is 6.18 Å². The van der Waals surface area contributed by atoms with E-state index in [2.05, 4.69) is 14.9 Å². The standard InChI is InChI=1S/C19H21F3N4O/c1-13-10-17(24-12-23-13)25(2)16-6-8-26(9-7-16)18(27)14-4-3-5-15(11-14)19(20,21)22/h3-5,10-12,16H,6-9H2,1-2H3. The normalized spacial score (nSPS) is 15.7. The van der Waals surface area contributed by atoms with Crippen LogP contribution >= 0.6 is 0 Å². The van der Waals surface area contributed by atoms with Crippen molar-refractivity contribution in [1.82, 2.24) is 14.9 Å². The van der Waals surface area contributed by atoms with Gasteiger partial charge >= 0.3 is 6.18 Å². The van der Waals surface area contributed by atoms with Crippen molar-refractivity contribution < 1.29 is 18.0 Å². The van der Waals surface area contributed by atoms with E-state index in [-0.39, 0.29) is 17.5 Å². The van der Waals surface area contributed by atoms with Crippen LogP contribution in [0.4, 0.5) is 19.0 Å². The molecule has 27 heavy (non-hydrogen) atoms. The van der Waals surface area contributed by atoms with Crippen molar-refractivity contribution in [3.63, 3.8) is 0 Å². The molecular weight excluding hydrogens is 357 g/mol. The molecule has 0 atom stereocenters. The average molecular weight is 378 g/mol. The van der Waals surface area contributed by atoms with Crippen molar-refractivity contribution in [3.8, 4) is 0 Å². The van der Waals surface area contributed by atoms with Gasteiger partial charge in [0.05, 0.1) is 5.56 Å². The van der Waals surface area contributed by atoms with E-state index in [0.29, 0.717) is 13.1 Å². The Morgan fingerprint density at radius 3 is 2.52 bits per heavy atom. The van der Waals surface area contributed by atoms with Crippen LogP contribution < -0.4 is 4.90 Å². The molecule has 1 aromatic heterocycles. The summed E-state index contributed by atoms with van der Waals surface area (Å²) in [4.78, 5) is 24.6. The number of halogens is 3. The molecule has 5 nitrogen and oxygen atoms in total. The summed E-state index contributed by atoms with van der Waals surface area (Å²) in [5, 5.41) is 0. The summed E-state index contributed by atoms with van der Waals surface area (Å²) in [7, 11) is 1.96. The van der Waals surface area contributed by atoms with Gasteiger partial charge in [-0.05, 0) is 38.0 Å². The largest absolute Gasteiger partial charge is 0.416 e. The maximum atomic E-state index is 12.9. The molecule has 0 aliphatic carbocycles. The average Bonchev–Trinajstić information content (AvgIpc) is 2.66. The van der Waals surface area contributed by atoms with E-state index in [1.807, 2.05) is 20.0 Å². The molecule has 0 saturated carbocycles. The molecule has 0 N–H and O–H groups in total. The number of aryl methyl sites for hydroxylation is 1. The van der Waals surface area contributed by atoms with E-state index >= 15 is 0 Å². The van der Waals surface area contributed by atoms with Crippen molar-refractivity contribution >= 4 is 11.7 Å². The van der Waals surface area contributed by atoms with Crippen LogP contribution in [0.25, 0.3) is 0 Å². The van der Waals surface area contributed by atoms with Crippen molar-refractivity contribution in [2.24, 2.45) is 0 Å². The Labute approximate surface area is 155 Å². The monoisotopic (exact) mass is 378 g/mol. The van der Waals surface area contributed by atoms with Crippen LogP contribution in [0.15, 0.2) is 36.7 Å². The number of hydrogen-bond acceptors (Lipinski definition) is 4. The fourth-order valence-corrected chi connectivity index (χ4v) is 3.29. The number of carbonyl (C=O) groups is 1. The number of nitrogens with zero attached hydrogens (tertiary/aromatic N) is 4. The summed E-state index contributed by atoms with van der Waals surface area (Å²) in [6, 6.07) is 6.71. The number of hydrogen-bond donors (Lipinski definition) is 0. The molecule has 1 aliphatic rings. The number of likely N-dealkylation sites (tertiary alicyclic amines) is 1. The molecule has 1 aromatic carbocycles. The SMILES string of the molecule is Cc1cc(N(C)C2CCN(C(=O)c3cccc(C(F)(F)F)c3)CC2)ncn1. The van der Waals surface area contributed by atoms with Gasteiger partial charge in [-0.25, -0.2) is 9.97 Å². The number of benzene rings is 1. The van der Waals surface area contributed by atoms with Gasteiger partial charge in [0.2, 0.25) is 0 Å². The van der Waals surface area contributed by atoms with E-state index in [1.54, 1.807) is 4.90 Å². The highest BCUT2D eigenvalue weighted by molar-refractivity contribution is 5.94. The van der Waals surface area contributed by atoms with Crippen LogP contribution in [0.2, 0.25) is 0 Å². The molecule has 144 valence electrons. The van der Waals surface area contributed by atoms with E-state index in [0.717, 1.165) is 36.5 Å². The third-order valence-corrected chi connectivity index (χ3v) is 4.89. The maximum absolute atomic E-state index is 12.9. The smallest absolute Gasteiger partial charge is 0.356 e. The summed E-state index contributed by atoms with van der Waals surface area (Å²) in [5.74, 6) is 0.463. The number of amides is 1. The maximum Gasteiger partial charge on any atom is 0.416 e. The minimum Gasteiger partial charge on any atom is -0.356 e. The molecule has 1 fully saturated rings. The number of carbonyl (C=O) groups excluding carboxylic acids is 1. The molecule has 2 heterocycles. The third kappa shape index (κ3) is 4.37. The van der Waals surface area contributed by atoms with Gasteiger partial charge in [-0.2, -0.15) is 13.2 Å². The van der Waals surface area contributed by atoms with E-state index < -0.39 is 11.7 Å². The first kappa shape index (κ1) is 19.1. The van der Waals surface area contributed by atoms with Crippen LogP contribution in [0.5, 0.6) is 0 Å². The van der Waals surface area contributed by atoms with E-state index in [4.69, 9.17) is 0 Å². The number of aromatic nitrogens is 2. The number of piperidine rings is 1. The minimum absolute atomic E-state index is 0.0723. The summed E-state index contributed by atoms with van der Waals surface area (Å²) in [5.41, 5.74) is 0.147. The lowest BCUT2D eigenvalue weighted by molar-refractivity contribution is -0.137. The number of alkyl halides is 3. The first-order chi connectivity index (χ1) is 12.8. The Hall–Kier alpha value is -2.64. The van der Waals surface area contributed by atoms with Gasteiger partial charge < -0.3 is 9.80 Å². The van der Waals surface area contributed by atoms with Crippen molar-refractivity contribution in [1.29, 1.82) is 0 Å². The second-order valence-electron chi connectivity index (χ2n) is 6.73. The highest BCUT2D eigenvalue weighted by Crippen LogP contribution is 2.30. The van der Waals surface area contributed by atoms with Gasteiger partial charge in [0.1, 0.15) is 12.1 Å². The van der Waals surface area contributed by atoms with Crippen LogP contribution in [-0.4, -0.2) is 47.0 Å². The van der Waals surface area contributed by atoms with Gasteiger partial charge in [0.25, 0.3) is 5.91 Å². The van der Waals surface area contributed by atoms with E-state index in [9.17, 15) is 18.0 Å². The van der Waals surface area contributed by atoms with Crippen LogP contribution in [0.1, 0.15) is 34.5 Å². The molecule has 8 heteroatoms.